The molecular weight excluding hydrogens is 466 g/mol. The molecule has 11 nitrogen and oxygen atoms in total. The maximum Gasteiger partial charge on any atom is 0.328 e. The lowest BCUT2D eigenvalue weighted by Gasteiger charge is -2.25. The molecule has 196 valence electrons. The standard InChI is InChI=1S/C25H35N5O6/c1-7-35-20(31)12-11-19(25(34)36-8-2)27-24(33)22(15(3)4)28-23(32)21-16(5)29-30(17(21)6)18-10-9-13-26-14-18/h9-10,13-15,19,22H,7-8,11-12H2,1-6H3,(H,27,33)(H,28,32)/t19-,22+/m1/s1. The summed E-state index contributed by atoms with van der Waals surface area (Å²) in [4.78, 5) is 54.7. The Kier molecular flexibility index (Phi) is 10.6. The average Bonchev–Trinajstić information content (AvgIpc) is 3.14. The van der Waals surface area contributed by atoms with Crippen LogP contribution < -0.4 is 10.6 Å². The van der Waals surface area contributed by atoms with Crippen molar-refractivity contribution in [2.24, 2.45) is 5.92 Å². The largest absolute Gasteiger partial charge is 0.466 e. The molecule has 0 aliphatic rings. The molecule has 2 rings (SSSR count). The lowest BCUT2D eigenvalue weighted by molar-refractivity contribution is -0.149. The van der Waals surface area contributed by atoms with Crippen LogP contribution in [-0.4, -0.2) is 63.8 Å². The molecule has 2 heterocycles. The molecule has 0 aliphatic carbocycles. The Morgan fingerprint density at radius 1 is 1.06 bits per heavy atom. The van der Waals surface area contributed by atoms with Gasteiger partial charge in [0.05, 0.1) is 42.0 Å². The number of carbonyl (C=O) groups is 4. The summed E-state index contributed by atoms with van der Waals surface area (Å²) < 4.78 is 11.6. The third-order valence-corrected chi connectivity index (χ3v) is 5.47. The van der Waals surface area contributed by atoms with Gasteiger partial charge in [0.1, 0.15) is 12.1 Å². The van der Waals surface area contributed by atoms with E-state index in [1.54, 1.807) is 64.7 Å². The summed E-state index contributed by atoms with van der Waals surface area (Å²) in [5.74, 6) is -2.46. The fourth-order valence-corrected chi connectivity index (χ4v) is 3.70. The number of aryl methyl sites for hydroxylation is 1. The van der Waals surface area contributed by atoms with Crippen LogP contribution in [0.1, 0.15) is 62.3 Å². The van der Waals surface area contributed by atoms with Crippen molar-refractivity contribution in [1.82, 2.24) is 25.4 Å². The van der Waals surface area contributed by atoms with Crippen molar-refractivity contribution in [1.29, 1.82) is 0 Å². The Morgan fingerprint density at radius 3 is 2.33 bits per heavy atom. The van der Waals surface area contributed by atoms with E-state index in [0.29, 0.717) is 22.6 Å². The van der Waals surface area contributed by atoms with E-state index in [-0.39, 0.29) is 32.0 Å². The molecule has 0 bridgehead atoms. The van der Waals surface area contributed by atoms with Gasteiger partial charge in [0.2, 0.25) is 5.91 Å². The number of hydrogen-bond acceptors (Lipinski definition) is 8. The summed E-state index contributed by atoms with van der Waals surface area (Å²) in [6.45, 7) is 10.7. The van der Waals surface area contributed by atoms with Crippen LogP contribution >= 0.6 is 0 Å². The quantitative estimate of drug-likeness (QED) is 0.421. The SMILES string of the molecule is CCOC(=O)CC[C@@H](NC(=O)[C@@H](NC(=O)c1c(C)nn(-c2cccnc2)c1C)C(C)C)C(=O)OCC. The molecule has 2 amide bonds. The van der Waals surface area contributed by atoms with Gasteiger partial charge in [-0.05, 0) is 52.2 Å². The van der Waals surface area contributed by atoms with E-state index in [9.17, 15) is 19.2 Å². The fraction of sp³-hybridized carbons (Fsp3) is 0.520. The van der Waals surface area contributed by atoms with Gasteiger partial charge in [0, 0.05) is 12.6 Å². The van der Waals surface area contributed by atoms with Crippen molar-refractivity contribution in [3.05, 3.63) is 41.5 Å². The number of nitrogens with one attached hydrogen (secondary N) is 2. The number of nitrogens with zero attached hydrogens (tertiary/aromatic N) is 3. The van der Waals surface area contributed by atoms with Gasteiger partial charge in [-0.2, -0.15) is 5.10 Å². The lowest BCUT2D eigenvalue weighted by Crippen LogP contribution is -2.54. The molecule has 0 fully saturated rings. The monoisotopic (exact) mass is 501 g/mol. The van der Waals surface area contributed by atoms with Gasteiger partial charge in [-0.25, -0.2) is 9.48 Å². The molecule has 0 unspecified atom stereocenters. The number of esters is 2. The molecule has 11 heteroatoms. The van der Waals surface area contributed by atoms with E-state index >= 15 is 0 Å². The van der Waals surface area contributed by atoms with Crippen molar-refractivity contribution in [2.75, 3.05) is 13.2 Å². The Hall–Kier alpha value is -3.76. The second kappa shape index (κ2) is 13.4. The zero-order valence-electron chi connectivity index (χ0n) is 21.7. The van der Waals surface area contributed by atoms with Gasteiger partial charge >= 0.3 is 11.9 Å². The summed E-state index contributed by atoms with van der Waals surface area (Å²) in [5, 5.41) is 9.87. The molecule has 0 saturated heterocycles. The first kappa shape index (κ1) is 28.5. The highest BCUT2D eigenvalue weighted by Crippen LogP contribution is 2.18. The average molecular weight is 502 g/mol. The molecule has 0 saturated carbocycles. The van der Waals surface area contributed by atoms with Crippen LogP contribution in [0.2, 0.25) is 0 Å². The minimum Gasteiger partial charge on any atom is -0.466 e. The summed E-state index contributed by atoms with van der Waals surface area (Å²) in [6, 6.07) is 1.59. The lowest BCUT2D eigenvalue weighted by atomic mass is 10.0. The highest BCUT2D eigenvalue weighted by Gasteiger charge is 2.31. The van der Waals surface area contributed by atoms with E-state index in [1.807, 2.05) is 6.07 Å². The van der Waals surface area contributed by atoms with E-state index in [1.165, 1.54) is 0 Å². The summed E-state index contributed by atoms with van der Waals surface area (Å²) in [7, 11) is 0. The first-order chi connectivity index (χ1) is 17.1. The van der Waals surface area contributed by atoms with Gasteiger partial charge < -0.3 is 20.1 Å². The molecule has 0 aliphatic heterocycles. The second-order valence-corrected chi connectivity index (χ2v) is 8.52. The topological polar surface area (TPSA) is 142 Å². The summed E-state index contributed by atoms with van der Waals surface area (Å²) >= 11 is 0. The van der Waals surface area contributed by atoms with Gasteiger partial charge in [-0.3, -0.25) is 19.4 Å². The normalized spacial score (nSPS) is 12.5. The van der Waals surface area contributed by atoms with Gasteiger partial charge in [-0.1, -0.05) is 13.8 Å². The highest BCUT2D eigenvalue weighted by molar-refractivity contribution is 6.00. The van der Waals surface area contributed by atoms with Crippen molar-refractivity contribution >= 4 is 23.8 Å². The Bertz CT molecular complexity index is 1070. The first-order valence-corrected chi connectivity index (χ1v) is 12.0. The Morgan fingerprint density at radius 2 is 1.75 bits per heavy atom. The molecule has 2 atom stereocenters. The number of carbonyl (C=O) groups excluding carboxylic acids is 4. The zero-order valence-corrected chi connectivity index (χ0v) is 21.7. The molecule has 0 radical (unpaired) electrons. The summed E-state index contributed by atoms with van der Waals surface area (Å²) in [6.07, 6.45) is 3.22. The predicted molar refractivity (Wildman–Crippen MR) is 131 cm³/mol. The molecule has 2 aromatic heterocycles. The Labute approximate surface area is 210 Å². The van der Waals surface area contributed by atoms with Gasteiger partial charge in [-0.15, -0.1) is 0 Å². The summed E-state index contributed by atoms with van der Waals surface area (Å²) in [5.41, 5.74) is 2.14. The first-order valence-electron chi connectivity index (χ1n) is 12.0. The van der Waals surface area contributed by atoms with E-state index in [2.05, 4.69) is 20.7 Å². The maximum absolute atomic E-state index is 13.2. The third-order valence-electron chi connectivity index (χ3n) is 5.47. The highest BCUT2D eigenvalue weighted by atomic mass is 16.5. The van der Waals surface area contributed by atoms with Crippen LogP contribution in [-0.2, 0) is 23.9 Å². The number of hydrogen-bond donors (Lipinski definition) is 2. The number of ether oxygens (including phenoxy) is 2. The van der Waals surface area contributed by atoms with Crippen LogP contribution in [0.5, 0.6) is 0 Å². The minimum atomic E-state index is -1.06. The predicted octanol–water partition coefficient (Wildman–Crippen LogP) is 2.03. The van der Waals surface area contributed by atoms with Crippen molar-refractivity contribution in [3.8, 4) is 5.69 Å². The molecule has 2 N–H and O–H groups in total. The van der Waals surface area contributed by atoms with Crippen LogP contribution in [0.3, 0.4) is 0 Å². The van der Waals surface area contributed by atoms with Crippen LogP contribution in [0.25, 0.3) is 5.69 Å². The number of aromatic nitrogens is 3. The zero-order chi connectivity index (χ0) is 26.8. The number of amides is 2. The van der Waals surface area contributed by atoms with Crippen molar-refractivity contribution in [3.63, 3.8) is 0 Å². The van der Waals surface area contributed by atoms with Crippen LogP contribution in [0.4, 0.5) is 0 Å². The van der Waals surface area contributed by atoms with Crippen LogP contribution in [0, 0.1) is 19.8 Å². The van der Waals surface area contributed by atoms with E-state index in [0.717, 1.165) is 0 Å². The molecule has 2 aromatic rings. The number of rotatable bonds is 12. The van der Waals surface area contributed by atoms with Gasteiger partial charge in [0.25, 0.3) is 5.91 Å². The second-order valence-electron chi connectivity index (χ2n) is 8.52. The van der Waals surface area contributed by atoms with Crippen molar-refractivity contribution < 1.29 is 28.7 Å². The number of pyridine rings is 1. The van der Waals surface area contributed by atoms with Crippen molar-refractivity contribution in [2.45, 2.75) is 66.5 Å². The molecular formula is C25H35N5O6. The third kappa shape index (κ3) is 7.37. The smallest absolute Gasteiger partial charge is 0.328 e. The Balaban J connectivity index is 2.20. The van der Waals surface area contributed by atoms with E-state index < -0.39 is 35.8 Å². The minimum absolute atomic E-state index is 0.0122. The van der Waals surface area contributed by atoms with Gasteiger partial charge in [0.15, 0.2) is 0 Å². The maximum atomic E-state index is 13.2. The fourth-order valence-electron chi connectivity index (χ4n) is 3.70. The van der Waals surface area contributed by atoms with Crippen LogP contribution in [0.15, 0.2) is 24.5 Å². The molecule has 0 aromatic carbocycles. The molecule has 0 spiro atoms. The molecule has 36 heavy (non-hydrogen) atoms. The van der Waals surface area contributed by atoms with E-state index in [4.69, 9.17) is 9.47 Å².